The van der Waals surface area contributed by atoms with E-state index in [1.165, 1.54) is 11.1 Å². The maximum Gasteiger partial charge on any atom is 0.191 e. The summed E-state index contributed by atoms with van der Waals surface area (Å²) in [6.45, 7) is 4.47. The Kier molecular flexibility index (Phi) is 7.60. The molecule has 4 nitrogen and oxygen atoms in total. The summed E-state index contributed by atoms with van der Waals surface area (Å²) in [7, 11) is 0. The molecule has 0 amide bonds. The van der Waals surface area contributed by atoms with E-state index in [9.17, 15) is 0 Å². The molecular weight excluding hydrogens is 306 g/mol. The highest BCUT2D eigenvalue weighted by molar-refractivity contribution is 7.98. The normalized spacial score (nSPS) is 11.5. The van der Waals surface area contributed by atoms with Crippen molar-refractivity contribution in [2.75, 3.05) is 25.1 Å². The Bertz CT molecular complexity index is 579. The molecule has 0 fully saturated rings. The van der Waals surface area contributed by atoms with Gasteiger partial charge in [0, 0.05) is 25.3 Å². The second kappa shape index (κ2) is 10.0. The summed E-state index contributed by atoms with van der Waals surface area (Å²) in [6, 6.07) is 12.4. The largest absolute Gasteiger partial charge is 0.469 e. The second-order valence-electron chi connectivity index (χ2n) is 5.33. The Morgan fingerprint density at radius 3 is 2.61 bits per heavy atom. The smallest absolute Gasteiger partial charge is 0.191 e. The second-order valence-corrected chi connectivity index (χ2v) is 6.31. The van der Waals surface area contributed by atoms with Gasteiger partial charge in [-0.15, -0.1) is 0 Å². The van der Waals surface area contributed by atoms with E-state index in [4.69, 9.17) is 4.42 Å². The summed E-state index contributed by atoms with van der Waals surface area (Å²) in [6.07, 6.45) is 4.66. The standard InChI is InChI=1S/C18H25N3OS/c1-15-5-7-16(8-6-15)14-21-18(20-11-13-23-2)19-10-9-17-4-3-12-22-17/h3-8,12H,9-11,13-14H2,1-2H3,(H2,19,20,21). The number of rotatable bonds is 8. The van der Waals surface area contributed by atoms with Crippen LogP contribution in [0.1, 0.15) is 16.9 Å². The summed E-state index contributed by atoms with van der Waals surface area (Å²) >= 11 is 1.82. The lowest BCUT2D eigenvalue weighted by atomic mass is 10.1. The first kappa shape index (κ1) is 17.5. The lowest BCUT2D eigenvalue weighted by molar-refractivity contribution is 0.507. The first-order valence-electron chi connectivity index (χ1n) is 7.87. The van der Waals surface area contributed by atoms with Crippen molar-refractivity contribution in [1.82, 2.24) is 10.6 Å². The third kappa shape index (κ3) is 6.82. The number of furan rings is 1. The summed E-state index contributed by atoms with van der Waals surface area (Å²) in [5.74, 6) is 2.90. The van der Waals surface area contributed by atoms with Gasteiger partial charge in [0.15, 0.2) is 5.96 Å². The minimum Gasteiger partial charge on any atom is -0.469 e. The summed E-state index contributed by atoms with van der Waals surface area (Å²) < 4.78 is 5.35. The molecule has 0 atom stereocenters. The first-order chi connectivity index (χ1) is 11.3. The van der Waals surface area contributed by atoms with Gasteiger partial charge in [-0.05, 0) is 30.9 Å². The third-order valence-corrected chi connectivity index (χ3v) is 4.00. The molecule has 0 unspecified atom stereocenters. The fraction of sp³-hybridized carbons (Fsp3) is 0.389. The van der Waals surface area contributed by atoms with Gasteiger partial charge >= 0.3 is 0 Å². The van der Waals surface area contributed by atoms with Gasteiger partial charge in [-0.3, -0.25) is 0 Å². The van der Waals surface area contributed by atoms with Crippen LogP contribution in [0, 0.1) is 6.92 Å². The third-order valence-electron chi connectivity index (χ3n) is 3.38. The number of benzene rings is 1. The highest BCUT2D eigenvalue weighted by atomic mass is 32.2. The molecule has 0 aliphatic carbocycles. The van der Waals surface area contributed by atoms with E-state index in [1.54, 1.807) is 6.26 Å². The van der Waals surface area contributed by atoms with Crippen LogP contribution in [-0.4, -0.2) is 31.1 Å². The van der Waals surface area contributed by atoms with E-state index in [-0.39, 0.29) is 0 Å². The predicted molar refractivity (Wildman–Crippen MR) is 99.1 cm³/mol. The van der Waals surface area contributed by atoms with E-state index >= 15 is 0 Å². The topological polar surface area (TPSA) is 49.6 Å². The molecule has 0 spiro atoms. The molecule has 0 saturated carbocycles. The molecule has 0 saturated heterocycles. The zero-order valence-electron chi connectivity index (χ0n) is 13.8. The maximum absolute atomic E-state index is 5.35. The average Bonchev–Trinajstić information content (AvgIpc) is 3.07. The maximum atomic E-state index is 5.35. The Morgan fingerprint density at radius 2 is 1.91 bits per heavy atom. The summed E-state index contributed by atoms with van der Waals surface area (Å²) in [5.41, 5.74) is 2.49. The number of hydrogen-bond donors (Lipinski definition) is 2. The van der Waals surface area contributed by atoms with Crippen molar-refractivity contribution in [2.45, 2.75) is 19.9 Å². The van der Waals surface area contributed by atoms with Crippen LogP contribution in [0.2, 0.25) is 0 Å². The molecule has 23 heavy (non-hydrogen) atoms. The molecule has 1 heterocycles. The van der Waals surface area contributed by atoms with Crippen LogP contribution >= 0.6 is 11.8 Å². The molecule has 124 valence electrons. The number of hydrogen-bond acceptors (Lipinski definition) is 3. The molecule has 1 aromatic carbocycles. The van der Waals surface area contributed by atoms with Gasteiger partial charge < -0.3 is 15.1 Å². The molecule has 2 N–H and O–H groups in total. The van der Waals surface area contributed by atoms with E-state index in [2.05, 4.69) is 53.1 Å². The van der Waals surface area contributed by atoms with Crippen LogP contribution in [-0.2, 0) is 13.0 Å². The number of nitrogens with zero attached hydrogens (tertiary/aromatic N) is 1. The lowest BCUT2D eigenvalue weighted by Gasteiger charge is -2.12. The zero-order valence-corrected chi connectivity index (χ0v) is 14.7. The number of nitrogens with one attached hydrogen (secondary N) is 2. The van der Waals surface area contributed by atoms with Gasteiger partial charge in [-0.2, -0.15) is 11.8 Å². The predicted octanol–water partition coefficient (Wildman–Crippen LogP) is 3.23. The average molecular weight is 331 g/mol. The van der Waals surface area contributed by atoms with Crippen LogP contribution in [0.25, 0.3) is 0 Å². The Labute approximate surface area is 142 Å². The molecule has 2 aromatic rings. The highest BCUT2D eigenvalue weighted by Gasteiger charge is 2.00. The van der Waals surface area contributed by atoms with Gasteiger partial charge in [-0.25, -0.2) is 4.99 Å². The fourth-order valence-corrected chi connectivity index (χ4v) is 2.37. The summed E-state index contributed by atoms with van der Waals surface area (Å²) in [5, 5.41) is 6.74. The summed E-state index contributed by atoms with van der Waals surface area (Å²) in [4.78, 5) is 4.67. The van der Waals surface area contributed by atoms with E-state index < -0.39 is 0 Å². The molecule has 5 heteroatoms. The van der Waals surface area contributed by atoms with Gasteiger partial charge in [-0.1, -0.05) is 29.8 Å². The van der Waals surface area contributed by atoms with E-state index in [0.717, 1.165) is 37.0 Å². The minimum absolute atomic E-state index is 0.676. The monoisotopic (exact) mass is 331 g/mol. The van der Waals surface area contributed by atoms with Crippen LogP contribution in [0.3, 0.4) is 0 Å². The van der Waals surface area contributed by atoms with Crippen LogP contribution in [0.4, 0.5) is 0 Å². The van der Waals surface area contributed by atoms with Crippen molar-refractivity contribution in [3.05, 3.63) is 59.5 Å². The van der Waals surface area contributed by atoms with Crippen molar-refractivity contribution in [3.63, 3.8) is 0 Å². The quantitative estimate of drug-likeness (QED) is 0.443. The van der Waals surface area contributed by atoms with Gasteiger partial charge in [0.05, 0.1) is 12.8 Å². The van der Waals surface area contributed by atoms with Crippen molar-refractivity contribution >= 4 is 17.7 Å². The molecule has 0 aliphatic rings. The number of aliphatic imine (C=N–C) groups is 1. The molecule has 1 aromatic heterocycles. The number of thioether (sulfide) groups is 1. The lowest BCUT2D eigenvalue weighted by Crippen LogP contribution is -2.39. The van der Waals surface area contributed by atoms with Gasteiger partial charge in [0.25, 0.3) is 0 Å². The van der Waals surface area contributed by atoms with Crippen LogP contribution in [0.15, 0.2) is 52.1 Å². The molecule has 0 radical (unpaired) electrons. The van der Waals surface area contributed by atoms with E-state index in [0.29, 0.717) is 6.54 Å². The van der Waals surface area contributed by atoms with Crippen molar-refractivity contribution in [3.8, 4) is 0 Å². The molecular formula is C18H25N3OS. The Morgan fingerprint density at radius 1 is 1.13 bits per heavy atom. The zero-order chi connectivity index (χ0) is 16.3. The Hall–Kier alpha value is -1.88. The van der Waals surface area contributed by atoms with Crippen molar-refractivity contribution in [1.29, 1.82) is 0 Å². The molecule has 2 rings (SSSR count). The number of aryl methyl sites for hydroxylation is 1. The van der Waals surface area contributed by atoms with Crippen LogP contribution < -0.4 is 10.6 Å². The fourth-order valence-electron chi connectivity index (χ4n) is 2.07. The van der Waals surface area contributed by atoms with Gasteiger partial charge in [0.1, 0.15) is 5.76 Å². The van der Waals surface area contributed by atoms with Crippen LogP contribution in [0.5, 0.6) is 0 Å². The van der Waals surface area contributed by atoms with E-state index in [1.807, 2.05) is 23.9 Å². The van der Waals surface area contributed by atoms with Gasteiger partial charge in [0.2, 0.25) is 0 Å². The number of guanidine groups is 1. The highest BCUT2D eigenvalue weighted by Crippen LogP contribution is 2.04. The molecule has 0 bridgehead atoms. The first-order valence-corrected chi connectivity index (χ1v) is 9.26. The minimum atomic E-state index is 0.676. The van der Waals surface area contributed by atoms with Crippen molar-refractivity contribution in [2.24, 2.45) is 4.99 Å². The SMILES string of the molecule is CSCCNC(=NCc1ccc(C)cc1)NCCc1ccco1. The van der Waals surface area contributed by atoms with Crippen molar-refractivity contribution < 1.29 is 4.42 Å². The molecule has 0 aliphatic heterocycles. The Balaban J connectivity index is 1.86.